The van der Waals surface area contributed by atoms with Gasteiger partial charge in [0.05, 0.1) is 26.4 Å². The lowest BCUT2D eigenvalue weighted by Crippen LogP contribution is -2.61. The number of carbonyl (C=O) groups excluding carboxylic acids is 1. The fourth-order valence-electron chi connectivity index (χ4n) is 11.4. The van der Waals surface area contributed by atoms with E-state index in [0.717, 1.165) is 44.9 Å². The molecule has 14 heteroatoms. The standard InChI is InChI=1S/C69H130O14/c1-3-5-7-9-11-13-15-17-19-21-23-25-27-28-29-31-33-35-37-39-41-43-45-47-49-51-53-78-55-58(56-79-68-67(77)65(75)63(73)60(83-68)57-80-69-66(76)64(74)62(72)59(54-70)82-69)81-61(71)52-50-48-46-44-42-40-38-36-34-32-30-26-24-22-20-18-16-14-12-10-8-6-4-2/h16,18,22,24,58-60,62-70,72-77H,3-15,17,19-21,23,25-57H2,1-2H3/b18-16-,24-22-. The van der Waals surface area contributed by atoms with Crippen LogP contribution in [0.1, 0.15) is 309 Å². The minimum atomic E-state index is -1.71. The summed E-state index contributed by atoms with van der Waals surface area (Å²) < 4.78 is 34.6. The minimum Gasteiger partial charge on any atom is -0.457 e. The Morgan fingerprint density at radius 2 is 0.747 bits per heavy atom. The Morgan fingerprint density at radius 1 is 0.398 bits per heavy atom. The predicted molar refractivity (Wildman–Crippen MR) is 335 cm³/mol. The maximum atomic E-state index is 13.1. The first-order valence-corrected chi connectivity index (χ1v) is 34.9. The van der Waals surface area contributed by atoms with Gasteiger partial charge in [-0.25, -0.2) is 0 Å². The van der Waals surface area contributed by atoms with Crippen molar-refractivity contribution in [1.29, 1.82) is 0 Å². The van der Waals surface area contributed by atoms with Crippen molar-refractivity contribution >= 4 is 5.97 Å². The molecule has 83 heavy (non-hydrogen) atoms. The highest BCUT2D eigenvalue weighted by Gasteiger charge is 2.47. The summed E-state index contributed by atoms with van der Waals surface area (Å²) in [4.78, 5) is 13.1. The van der Waals surface area contributed by atoms with Crippen LogP contribution in [0.15, 0.2) is 24.3 Å². The number of unbranched alkanes of at least 4 members (excludes halogenated alkanes) is 41. The van der Waals surface area contributed by atoms with Gasteiger partial charge in [0.2, 0.25) is 0 Å². The first-order chi connectivity index (χ1) is 40.6. The molecule has 11 atom stereocenters. The predicted octanol–water partition coefficient (Wildman–Crippen LogP) is 14.7. The van der Waals surface area contributed by atoms with Gasteiger partial charge in [-0.05, 0) is 44.9 Å². The summed E-state index contributed by atoms with van der Waals surface area (Å²) in [6.07, 6.45) is 51.1. The second kappa shape index (κ2) is 55.8. The lowest BCUT2D eigenvalue weighted by Gasteiger charge is -2.42. The molecule has 0 radical (unpaired) electrons. The van der Waals surface area contributed by atoms with Crippen molar-refractivity contribution < 1.29 is 69.0 Å². The van der Waals surface area contributed by atoms with Crippen LogP contribution in [0.4, 0.5) is 0 Å². The van der Waals surface area contributed by atoms with Crippen molar-refractivity contribution in [2.45, 2.75) is 377 Å². The quantitative estimate of drug-likeness (QED) is 0.0171. The molecule has 490 valence electrons. The lowest BCUT2D eigenvalue weighted by molar-refractivity contribution is -0.332. The molecule has 0 aliphatic carbocycles. The largest absolute Gasteiger partial charge is 0.457 e. The van der Waals surface area contributed by atoms with Gasteiger partial charge in [-0.15, -0.1) is 0 Å². The van der Waals surface area contributed by atoms with Gasteiger partial charge >= 0.3 is 5.97 Å². The number of rotatable bonds is 59. The van der Waals surface area contributed by atoms with Crippen molar-refractivity contribution in [2.75, 3.05) is 33.0 Å². The highest BCUT2D eigenvalue weighted by molar-refractivity contribution is 5.69. The Morgan fingerprint density at radius 3 is 1.16 bits per heavy atom. The van der Waals surface area contributed by atoms with Crippen LogP contribution in [0, 0.1) is 0 Å². The SMILES string of the molecule is CCCCCCC/C=C\C/C=C\CCCCCCCCCCCCCC(=O)OC(COCCCCCCCCCCCCCCCCCCCCCCCCCCCC)COC1OC(COC2OC(CO)C(O)C(O)C2O)C(O)C(O)C1O. The van der Waals surface area contributed by atoms with E-state index in [2.05, 4.69) is 38.2 Å². The van der Waals surface area contributed by atoms with E-state index in [1.807, 2.05) is 0 Å². The number of hydrogen-bond acceptors (Lipinski definition) is 14. The van der Waals surface area contributed by atoms with Crippen LogP contribution in [-0.2, 0) is 33.2 Å². The zero-order chi connectivity index (χ0) is 60.1. The van der Waals surface area contributed by atoms with E-state index in [0.29, 0.717) is 13.0 Å². The number of aliphatic hydroxyl groups is 7. The Labute approximate surface area is 507 Å². The number of allylic oxidation sites excluding steroid dienone is 4. The molecule has 2 rings (SSSR count). The third-order valence-electron chi connectivity index (χ3n) is 17.0. The first-order valence-electron chi connectivity index (χ1n) is 34.9. The van der Waals surface area contributed by atoms with E-state index in [4.69, 9.17) is 28.4 Å². The molecule has 11 unspecified atom stereocenters. The van der Waals surface area contributed by atoms with E-state index in [-0.39, 0.29) is 25.6 Å². The molecule has 2 fully saturated rings. The van der Waals surface area contributed by atoms with Crippen LogP contribution in [-0.4, -0.2) is 142 Å². The van der Waals surface area contributed by atoms with E-state index >= 15 is 0 Å². The summed E-state index contributed by atoms with van der Waals surface area (Å²) in [7, 11) is 0. The highest BCUT2D eigenvalue weighted by atomic mass is 16.7. The number of aliphatic hydroxyl groups excluding tert-OH is 7. The number of esters is 1. The van der Waals surface area contributed by atoms with Gasteiger partial charge in [0, 0.05) is 13.0 Å². The molecule has 0 saturated carbocycles. The Balaban J connectivity index is 1.63. The zero-order valence-electron chi connectivity index (χ0n) is 53.2. The van der Waals surface area contributed by atoms with Crippen LogP contribution in [0.5, 0.6) is 0 Å². The summed E-state index contributed by atoms with van der Waals surface area (Å²) in [6.45, 7) is 3.76. The van der Waals surface area contributed by atoms with E-state index in [1.54, 1.807) is 0 Å². The minimum absolute atomic E-state index is 0.0666. The van der Waals surface area contributed by atoms with E-state index in [1.165, 1.54) is 238 Å². The van der Waals surface area contributed by atoms with Gasteiger partial charge in [-0.1, -0.05) is 282 Å². The summed E-state index contributed by atoms with van der Waals surface area (Å²) in [6, 6.07) is 0. The molecule has 2 saturated heterocycles. The molecular weight excluding hydrogens is 1050 g/mol. The maximum Gasteiger partial charge on any atom is 0.306 e. The maximum absolute atomic E-state index is 13.1. The second-order valence-corrected chi connectivity index (χ2v) is 24.7. The van der Waals surface area contributed by atoms with Gasteiger partial charge in [0.1, 0.15) is 54.9 Å². The average molecular weight is 1180 g/mol. The number of carbonyl (C=O) groups is 1. The summed E-state index contributed by atoms with van der Waals surface area (Å²) in [5.41, 5.74) is 0. The van der Waals surface area contributed by atoms with Crippen LogP contribution < -0.4 is 0 Å². The molecule has 0 aromatic rings. The number of ether oxygens (including phenoxy) is 6. The molecule has 0 amide bonds. The number of hydrogen-bond donors (Lipinski definition) is 7. The van der Waals surface area contributed by atoms with Gasteiger partial charge in [-0.2, -0.15) is 0 Å². The highest BCUT2D eigenvalue weighted by Crippen LogP contribution is 2.27. The Hall–Kier alpha value is -1.53. The van der Waals surface area contributed by atoms with Gasteiger partial charge < -0.3 is 64.2 Å². The molecule has 14 nitrogen and oxygen atoms in total. The average Bonchev–Trinajstić information content (AvgIpc) is 3.49. The van der Waals surface area contributed by atoms with Crippen LogP contribution in [0.25, 0.3) is 0 Å². The van der Waals surface area contributed by atoms with Gasteiger partial charge in [0.25, 0.3) is 0 Å². The summed E-state index contributed by atoms with van der Waals surface area (Å²) in [5, 5.41) is 72.6. The Kier molecular flexibility index (Phi) is 52.1. The topological polar surface area (TPSA) is 214 Å². The van der Waals surface area contributed by atoms with Crippen LogP contribution in [0.2, 0.25) is 0 Å². The Bertz CT molecular complexity index is 1470. The van der Waals surface area contributed by atoms with Crippen molar-refractivity contribution in [1.82, 2.24) is 0 Å². The van der Waals surface area contributed by atoms with Crippen molar-refractivity contribution in [3.05, 3.63) is 24.3 Å². The van der Waals surface area contributed by atoms with Crippen molar-refractivity contribution in [3.8, 4) is 0 Å². The third-order valence-corrected chi connectivity index (χ3v) is 17.0. The van der Waals surface area contributed by atoms with E-state index < -0.39 is 80.7 Å². The molecule has 2 aliphatic rings. The van der Waals surface area contributed by atoms with Crippen molar-refractivity contribution in [3.63, 3.8) is 0 Å². The summed E-state index contributed by atoms with van der Waals surface area (Å²) >= 11 is 0. The fraction of sp³-hybridized carbons (Fsp3) is 0.928. The molecule has 0 bridgehead atoms. The second-order valence-electron chi connectivity index (χ2n) is 24.7. The van der Waals surface area contributed by atoms with E-state index in [9.17, 15) is 40.5 Å². The monoisotopic (exact) mass is 1180 g/mol. The normalized spacial score (nSPS) is 23.5. The fourth-order valence-corrected chi connectivity index (χ4v) is 11.4. The first kappa shape index (κ1) is 77.6. The van der Waals surface area contributed by atoms with Crippen molar-refractivity contribution in [2.24, 2.45) is 0 Å². The van der Waals surface area contributed by atoms with Crippen LogP contribution >= 0.6 is 0 Å². The lowest BCUT2D eigenvalue weighted by atomic mass is 9.98. The summed E-state index contributed by atoms with van der Waals surface area (Å²) in [5.74, 6) is -0.371. The third kappa shape index (κ3) is 41.3. The molecule has 0 spiro atoms. The molecular formula is C69H130O14. The molecule has 2 aliphatic heterocycles. The van der Waals surface area contributed by atoms with Gasteiger partial charge in [0.15, 0.2) is 12.6 Å². The zero-order valence-corrected chi connectivity index (χ0v) is 53.2. The molecule has 2 heterocycles. The molecule has 0 aromatic heterocycles. The smallest absolute Gasteiger partial charge is 0.306 e. The van der Waals surface area contributed by atoms with Gasteiger partial charge in [-0.3, -0.25) is 4.79 Å². The molecule has 7 N–H and O–H groups in total. The van der Waals surface area contributed by atoms with Crippen LogP contribution in [0.3, 0.4) is 0 Å². The molecule has 0 aromatic carbocycles.